The van der Waals surface area contributed by atoms with Crippen LogP contribution in [0.5, 0.6) is 0 Å². The highest BCUT2D eigenvalue weighted by Crippen LogP contribution is 2.24. The molecule has 1 rings (SSSR count). The van der Waals surface area contributed by atoms with E-state index in [4.69, 9.17) is 4.74 Å². The van der Waals surface area contributed by atoms with Gasteiger partial charge < -0.3 is 4.74 Å². The summed E-state index contributed by atoms with van der Waals surface area (Å²) >= 11 is 0. The molecule has 2 heteroatoms. The molecule has 0 amide bonds. The van der Waals surface area contributed by atoms with Crippen LogP contribution in [-0.2, 0) is 9.53 Å². The van der Waals surface area contributed by atoms with Gasteiger partial charge in [0.15, 0.2) is 5.78 Å². The standard InChI is InChI=1S/C11H18O2/c1-2-13-9-8-11(12)10-6-4-3-5-7-10/h8-10H,2-7H2,1H3/b9-8+. The zero-order valence-electron chi connectivity index (χ0n) is 8.29. The molecule has 13 heavy (non-hydrogen) atoms. The first-order chi connectivity index (χ1) is 6.34. The molecule has 0 spiro atoms. The fraction of sp³-hybridized carbons (Fsp3) is 0.727. The van der Waals surface area contributed by atoms with Crippen molar-refractivity contribution in [2.45, 2.75) is 39.0 Å². The van der Waals surface area contributed by atoms with Gasteiger partial charge in [-0.3, -0.25) is 4.79 Å². The second-order valence-electron chi connectivity index (χ2n) is 3.50. The summed E-state index contributed by atoms with van der Waals surface area (Å²) in [4.78, 5) is 11.5. The van der Waals surface area contributed by atoms with Gasteiger partial charge in [-0.2, -0.15) is 0 Å². The Hall–Kier alpha value is -0.790. The van der Waals surface area contributed by atoms with Gasteiger partial charge in [-0.1, -0.05) is 19.3 Å². The van der Waals surface area contributed by atoms with Crippen molar-refractivity contribution in [3.05, 3.63) is 12.3 Å². The van der Waals surface area contributed by atoms with Gasteiger partial charge in [-0.15, -0.1) is 0 Å². The molecule has 0 aliphatic heterocycles. The number of carbonyl (C=O) groups is 1. The van der Waals surface area contributed by atoms with E-state index in [1.165, 1.54) is 25.5 Å². The third-order valence-electron chi connectivity index (χ3n) is 2.50. The van der Waals surface area contributed by atoms with Crippen LogP contribution in [0.4, 0.5) is 0 Å². The Morgan fingerprint density at radius 3 is 2.69 bits per heavy atom. The maximum atomic E-state index is 11.5. The maximum Gasteiger partial charge on any atom is 0.161 e. The van der Waals surface area contributed by atoms with E-state index in [9.17, 15) is 4.79 Å². The molecule has 0 radical (unpaired) electrons. The SMILES string of the molecule is CCO/C=C/C(=O)C1CCCCC1. The fourth-order valence-corrected chi connectivity index (χ4v) is 1.73. The van der Waals surface area contributed by atoms with Crippen molar-refractivity contribution in [3.8, 4) is 0 Å². The molecule has 0 N–H and O–H groups in total. The molecule has 0 aromatic rings. The molecular weight excluding hydrogens is 164 g/mol. The van der Waals surface area contributed by atoms with Crippen LogP contribution in [0.1, 0.15) is 39.0 Å². The van der Waals surface area contributed by atoms with Crippen LogP contribution >= 0.6 is 0 Å². The Bertz CT molecular complexity index is 179. The van der Waals surface area contributed by atoms with E-state index in [0.29, 0.717) is 6.61 Å². The number of ketones is 1. The van der Waals surface area contributed by atoms with E-state index in [1.807, 2.05) is 6.92 Å². The van der Waals surface area contributed by atoms with Crippen LogP contribution in [0.3, 0.4) is 0 Å². The zero-order chi connectivity index (χ0) is 9.52. The van der Waals surface area contributed by atoms with Crippen LogP contribution in [0.15, 0.2) is 12.3 Å². The Morgan fingerprint density at radius 2 is 2.08 bits per heavy atom. The highest BCUT2D eigenvalue weighted by atomic mass is 16.5. The molecule has 0 heterocycles. The van der Waals surface area contributed by atoms with Gasteiger partial charge in [-0.25, -0.2) is 0 Å². The van der Waals surface area contributed by atoms with Crippen molar-refractivity contribution >= 4 is 5.78 Å². The van der Waals surface area contributed by atoms with Gasteiger partial charge in [0.05, 0.1) is 12.9 Å². The lowest BCUT2D eigenvalue weighted by molar-refractivity contribution is -0.119. The minimum absolute atomic E-state index is 0.244. The maximum absolute atomic E-state index is 11.5. The molecule has 1 aliphatic carbocycles. The lowest BCUT2D eigenvalue weighted by Gasteiger charge is -2.18. The monoisotopic (exact) mass is 182 g/mol. The topological polar surface area (TPSA) is 26.3 Å². The van der Waals surface area contributed by atoms with E-state index in [0.717, 1.165) is 12.8 Å². The molecule has 1 saturated carbocycles. The smallest absolute Gasteiger partial charge is 0.161 e. The summed E-state index contributed by atoms with van der Waals surface area (Å²) in [6, 6.07) is 0. The number of carbonyl (C=O) groups excluding carboxylic acids is 1. The molecule has 0 aromatic heterocycles. The average molecular weight is 182 g/mol. The van der Waals surface area contributed by atoms with E-state index in [-0.39, 0.29) is 11.7 Å². The predicted octanol–water partition coefficient (Wildman–Crippen LogP) is 2.69. The van der Waals surface area contributed by atoms with Gasteiger partial charge in [-0.05, 0) is 19.8 Å². The lowest BCUT2D eigenvalue weighted by atomic mass is 9.86. The Labute approximate surface area is 80.0 Å². The summed E-state index contributed by atoms with van der Waals surface area (Å²) < 4.78 is 4.99. The lowest BCUT2D eigenvalue weighted by Crippen LogP contribution is -2.15. The van der Waals surface area contributed by atoms with Crippen LogP contribution in [-0.4, -0.2) is 12.4 Å². The second-order valence-corrected chi connectivity index (χ2v) is 3.50. The summed E-state index contributed by atoms with van der Waals surface area (Å²) in [5.41, 5.74) is 0. The molecule has 1 fully saturated rings. The van der Waals surface area contributed by atoms with Crippen LogP contribution in [0, 0.1) is 5.92 Å². The first-order valence-electron chi connectivity index (χ1n) is 5.16. The van der Waals surface area contributed by atoms with E-state index in [2.05, 4.69) is 0 Å². The normalized spacial score (nSPS) is 19.2. The van der Waals surface area contributed by atoms with E-state index < -0.39 is 0 Å². The third kappa shape index (κ3) is 3.62. The van der Waals surface area contributed by atoms with Gasteiger partial charge in [0.1, 0.15) is 0 Å². The van der Waals surface area contributed by atoms with Crippen LogP contribution < -0.4 is 0 Å². The molecule has 1 aliphatic rings. The van der Waals surface area contributed by atoms with Crippen molar-refractivity contribution in [2.24, 2.45) is 5.92 Å². The minimum atomic E-state index is 0.244. The summed E-state index contributed by atoms with van der Waals surface area (Å²) in [6.45, 7) is 2.55. The molecule has 2 nitrogen and oxygen atoms in total. The number of ether oxygens (including phenoxy) is 1. The minimum Gasteiger partial charge on any atom is -0.501 e. The zero-order valence-corrected chi connectivity index (χ0v) is 8.29. The van der Waals surface area contributed by atoms with Gasteiger partial charge in [0.2, 0.25) is 0 Å². The molecule has 0 saturated heterocycles. The van der Waals surface area contributed by atoms with Crippen molar-refractivity contribution < 1.29 is 9.53 Å². The summed E-state index contributed by atoms with van der Waals surface area (Å²) in [6.07, 6.45) is 8.94. The van der Waals surface area contributed by atoms with Gasteiger partial charge >= 0.3 is 0 Å². The summed E-state index contributed by atoms with van der Waals surface area (Å²) in [7, 11) is 0. The van der Waals surface area contributed by atoms with Crippen molar-refractivity contribution in [2.75, 3.05) is 6.61 Å². The van der Waals surface area contributed by atoms with Crippen molar-refractivity contribution in [1.82, 2.24) is 0 Å². The van der Waals surface area contributed by atoms with Gasteiger partial charge in [0.25, 0.3) is 0 Å². The second kappa shape index (κ2) is 5.79. The van der Waals surface area contributed by atoms with E-state index in [1.54, 1.807) is 6.08 Å². The third-order valence-corrected chi connectivity index (χ3v) is 2.50. The first-order valence-corrected chi connectivity index (χ1v) is 5.16. The average Bonchev–Trinajstić information content (AvgIpc) is 2.19. The molecular formula is C11H18O2. The fourth-order valence-electron chi connectivity index (χ4n) is 1.73. The number of allylic oxidation sites excluding steroid dienone is 1. The first kappa shape index (κ1) is 10.3. The summed E-state index contributed by atoms with van der Waals surface area (Å²) in [5, 5.41) is 0. The summed E-state index contributed by atoms with van der Waals surface area (Å²) in [5.74, 6) is 0.513. The highest BCUT2D eigenvalue weighted by molar-refractivity contribution is 5.91. The van der Waals surface area contributed by atoms with E-state index >= 15 is 0 Å². The number of hydrogen-bond donors (Lipinski definition) is 0. The number of rotatable bonds is 4. The quantitative estimate of drug-likeness (QED) is 0.493. The molecule has 0 unspecified atom stereocenters. The Kier molecular flexibility index (Phi) is 4.58. The highest BCUT2D eigenvalue weighted by Gasteiger charge is 2.18. The molecule has 0 aromatic carbocycles. The Morgan fingerprint density at radius 1 is 1.38 bits per heavy atom. The van der Waals surface area contributed by atoms with Crippen molar-refractivity contribution in [1.29, 1.82) is 0 Å². The molecule has 0 atom stereocenters. The number of hydrogen-bond acceptors (Lipinski definition) is 2. The largest absolute Gasteiger partial charge is 0.501 e. The van der Waals surface area contributed by atoms with Crippen LogP contribution in [0.2, 0.25) is 0 Å². The molecule has 74 valence electrons. The predicted molar refractivity (Wildman–Crippen MR) is 52.3 cm³/mol. The Balaban J connectivity index is 2.28. The van der Waals surface area contributed by atoms with Crippen molar-refractivity contribution in [3.63, 3.8) is 0 Å². The van der Waals surface area contributed by atoms with Crippen LogP contribution in [0.25, 0.3) is 0 Å². The molecule has 0 bridgehead atoms. The van der Waals surface area contributed by atoms with Gasteiger partial charge in [0, 0.05) is 12.0 Å².